The fraction of sp³-hybridized carbons (Fsp3) is 0.600. The van der Waals surface area contributed by atoms with Crippen LogP contribution in [0.25, 0.3) is 0 Å². The average Bonchev–Trinajstić information content (AvgIpc) is 2.50. The lowest BCUT2D eigenvalue weighted by Gasteiger charge is -2.25. The minimum absolute atomic E-state index is 0.0322. The van der Waals surface area contributed by atoms with Crippen LogP contribution in [0.15, 0.2) is 24.3 Å². The van der Waals surface area contributed by atoms with Crippen molar-refractivity contribution in [3.63, 3.8) is 0 Å². The van der Waals surface area contributed by atoms with Gasteiger partial charge in [-0.05, 0) is 6.92 Å². The van der Waals surface area contributed by atoms with E-state index < -0.39 is 5.97 Å². The highest BCUT2D eigenvalue weighted by atomic mass is 16.5. The maximum atomic E-state index is 11.7. The van der Waals surface area contributed by atoms with E-state index in [4.69, 9.17) is 19.6 Å². The number of esters is 1. The first kappa shape index (κ1) is 17.6. The Labute approximate surface area is 125 Å². The Morgan fingerprint density at radius 1 is 1.24 bits per heavy atom. The van der Waals surface area contributed by atoms with Crippen LogP contribution in [0.4, 0.5) is 0 Å². The van der Waals surface area contributed by atoms with E-state index in [1.807, 2.05) is 24.3 Å². The van der Waals surface area contributed by atoms with Gasteiger partial charge in [0.15, 0.2) is 0 Å². The highest BCUT2D eigenvalue weighted by Crippen LogP contribution is 2.15. The molecular formula is C15H24N2O4. The number of rotatable bonds is 10. The van der Waals surface area contributed by atoms with E-state index in [-0.39, 0.29) is 24.3 Å². The second kappa shape index (κ2) is 10.3. The molecule has 0 radical (unpaired) electrons. The number of methoxy groups -OCH3 is 1. The summed E-state index contributed by atoms with van der Waals surface area (Å²) in [7, 11) is 1.63. The molecule has 1 rings (SSSR count). The summed E-state index contributed by atoms with van der Waals surface area (Å²) in [6, 6.07) is -0.0991. The number of hydrogen-bond donors (Lipinski definition) is 2. The van der Waals surface area contributed by atoms with E-state index in [1.165, 1.54) is 0 Å². The van der Waals surface area contributed by atoms with Crippen molar-refractivity contribution >= 4 is 11.7 Å². The molecule has 2 atom stereocenters. The first-order valence-corrected chi connectivity index (χ1v) is 7.11. The Hall–Kier alpha value is -1.50. The largest absolute Gasteiger partial charge is 0.462 e. The van der Waals surface area contributed by atoms with Gasteiger partial charge in [0.2, 0.25) is 0 Å². The maximum Gasteiger partial charge on any atom is 0.352 e. The third kappa shape index (κ3) is 6.20. The van der Waals surface area contributed by atoms with E-state index >= 15 is 0 Å². The standard InChI is InChI=1S/C15H24N2O4/c1-3-21-15(18)14(16)12-6-4-5-7-13(12)17-8-9-20-11-10-19-2/h4-7,12-13,16-17H,3,8-11H2,1-2H3. The molecular weight excluding hydrogens is 272 g/mol. The van der Waals surface area contributed by atoms with Crippen molar-refractivity contribution in [1.82, 2.24) is 5.32 Å². The molecule has 0 aromatic rings. The number of ether oxygens (including phenoxy) is 3. The molecule has 0 bridgehead atoms. The van der Waals surface area contributed by atoms with Crippen molar-refractivity contribution < 1.29 is 19.0 Å². The molecule has 0 aromatic heterocycles. The van der Waals surface area contributed by atoms with Gasteiger partial charge in [-0.15, -0.1) is 0 Å². The lowest BCUT2D eigenvalue weighted by atomic mass is 9.90. The van der Waals surface area contributed by atoms with Crippen LogP contribution in [0.5, 0.6) is 0 Å². The van der Waals surface area contributed by atoms with Gasteiger partial charge in [-0.1, -0.05) is 24.3 Å². The third-order valence-electron chi connectivity index (χ3n) is 3.02. The van der Waals surface area contributed by atoms with Crippen LogP contribution >= 0.6 is 0 Å². The van der Waals surface area contributed by atoms with Gasteiger partial charge in [-0.25, -0.2) is 4.79 Å². The molecule has 0 saturated carbocycles. The zero-order valence-corrected chi connectivity index (χ0v) is 12.6. The molecule has 0 heterocycles. The van der Waals surface area contributed by atoms with Crippen molar-refractivity contribution in [2.75, 3.05) is 40.1 Å². The summed E-state index contributed by atoms with van der Waals surface area (Å²) in [5.41, 5.74) is -0.0322. The molecule has 0 amide bonds. The number of allylic oxidation sites excluding steroid dienone is 2. The summed E-state index contributed by atoms with van der Waals surface area (Å²) >= 11 is 0. The molecule has 0 fully saturated rings. The normalized spacial score (nSPS) is 20.5. The fourth-order valence-electron chi connectivity index (χ4n) is 1.96. The van der Waals surface area contributed by atoms with Gasteiger partial charge in [0.1, 0.15) is 5.71 Å². The van der Waals surface area contributed by atoms with Crippen LogP contribution in [0, 0.1) is 11.3 Å². The molecule has 0 aliphatic heterocycles. The van der Waals surface area contributed by atoms with E-state index in [0.29, 0.717) is 26.4 Å². The topological polar surface area (TPSA) is 80.6 Å². The Balaban J connectivity index is 2.40. The highest BCUT2D eigenvalue weighted by molar-refractivity contribution is 6.36. The van der Waals surface area contributed by atoms with Crippen LogP contribution in [0.3, 0.4) is 0 Å². The number of carbonyl (C=O) groups is 1. The van der Waals surface area contributed by atoms with Gasteiger partial charge >= 0.3 is 5.97 Å². The monoisotopic (exact) mass is 296 g/mol. The van der Waals surface area contributed by atoms with E-state index in [0.717, 1.165) is 0 Å². The molecule has 6 nitrogen and oxygen atoms in total. The summed E-state index contributed by atoms with van der Waals surface area (Å²) in [4.78, 5) is 11.7. The van der Waals surface area contributed by atoms with E-state index in [2.05, 4.69) is 5.32 Å². The predicted octanol–water partition coefficient (Wildman–Crippen LogP) is 0.933. The zero-order chi connectivity index (χ0) is 15.5. The zero-order valence-electron chi connectivity index (χ0n) is 12.6. The number of nitrogens with one attached hydrogen (secondary N) is 2. The Kier molecular flexibility index (Phi) is 8.57. The quantitative estimate of drug-likeness (QED) is 0.356. The molecule has 6 heteroatoms. The van der Waals surface area contributed by atoms with Gasteiger partial charge in [-0.2, -0.15) is 0 Å². The molecule has 2 N–H and O–H groups in total. The SMILES string of the molecule is CCOC(=O)C(=N)C1C=CC=CC1NCCOCCOC. The Morgan fingerprint density at radius 2 is 2.00 bits per heavy atom. The maximum absolute atomic E-state index is 11.7. The Morgan fingerprint density at radius 3 is 2.71 bits per heavy atom. The third-order valence-corrected chi connectivity index (χ3v) is 3.02. The second-order valence-electron chi connectivity index (χ2n) is 4.51. The smallest absolute Gasteiger partial charge is 0.352 e. The van der Waals surface area contributed by atoms with Gasteiger partial charge in [0, 0.05) is 25.6 Å². The van der Waals surface area contributed by atoms with Crippen molar-refractivity contribution in [1.29, 1.82) is 5.41 Å². The highest BCUT2D eigenvalue weighted by Gasteiger charge is 2.27. The first-order chi connectivity index (χ1) is 10.2. The molecule has 1 aliphatic rings. The molecule has 0 saturated heterocycles. The second-order valence-corrected chi connectivity index (χ2v) is 4.51. The Bertz CT molecular complexity index is 393. The molecule has 21 heavy (non-hydrogen) atoms. The average molecular weight is 296 g/mol. The van der Waals surface area contributed by atoms with Crippen molar-refractivity contribution in [3.8, 4) is 0 Å². The van der Waals surface area contributed by atoms with E-state index in [9.17, 15) is 4.79 Å². The van der Waals surface area contributed by atoms with Crippen LogP contribution in [0.2, 0.25) is 0 Å². The van der Waals surface area contributed by atoms with Crippen molar-refractivity contribution in [3.05, 3.63) is 24.3 Å². The number of carbonyl (C=O) groups excluding carboxylic acids is 1. The first-order valence-electron chi connectivity index (χ1n) is 7.11. The van der Waals surface area contributed by atoms with E-state index in [1.54, 1.807) is 14.0 Å². The van der Waals surface area contributed by atoms with Gasteiger partial charge in [0.05, 0.1) is 26.4 Å². The summed E-state index contributed by atoms with van der Waals surface area (Å²) in [5.74, 6) is -0.876. The molecule has 0 aromatic carbocycles. The van der Waals surface area contributed by atoms with Gasteiger partial charge in [-0.3, -0.25) is 5.41 Å². The summed E-state index contributed by atoms with van der Waals surface area (Å²) < 4.78 is 15.2. The fourth-order valence-corrected chi connectivity index (χ4v) is 1.96. The summed E-state index contributed by atoms with van der Waals surface area (Å²) in [6.07, 6.45) is 7.51. The van der Waals surface area contributed by atoms with Gasteiger partial charge in [0.25, 0.3) is 0 Å². The summed E-state index contributed by atoms with van der Waals surface area (Å²) in [6.45, 7) is 4.33. The lowest BCUT2D eigenvalue weighted by molar-refractivity contribution is -0.135. The van der Waals surface area contributed by atoms with Crippen molar-refractivity contribution in [2.45, 2.75) is 13.0 Å². The minimum Gasteiger partial charge on any atom is -0.462 e. The van der Waals surface area contributed by atoms with Crippen LogP contribution in [-0.2, 0) is 19.0 Å². The van der Waals surface area contributed by atoms with Crippen LogP contribution < -0.4 is 5.32 Å². The molecule has 0 spiro atoms. The molecule has 118 valence electrons. The van der Waals surface area contributed by atoms with Crippen LogP contribution in [-0.4, -0.2) is 57.8 Å². The van der Waals surface area contributed by atoms with Gasteiger partial charge < -0.3 is 19.5 Å². The minimum atomic E-state index is -0.564. The summed E-state index contributed by atoms with van der Waals surface area (Å²) in [5, 5.41) is 11.2. The molecule has 2 unspecified atom stereocenters. The predicted molar refractivity (Wildman–Crippen MR) is 80.6 cm³/mol. The number of hydrogen-bond acceptors (Lipinski definition) is 6. The van der Waals surface area contributed by atoms with Crippen molar-refractivity contribution in [2.24, 2.45) is 5.92 Å². The lowest BCUT2D eigenvalue weighted by Crippen LogP contribution is -2.42. The van der Waals surface area contributed by atoms with Crippen LogP contribution in [0.1, 0.15) is 6.92 Å². The molecule has 1 aliphatic carbocycles.